The van der Waals surface area contributed by atoms with Gasteiger partial charge in [-0.3, -0.25) is 4.79 Å². The number of H-pyrrole nitrogens is 1. The standard InChI is InChI=1S/C30H20Br3N3O4/c1-39-22-9-5-8-18(13-22)30(38)40-28-19(12-21(32)15-24(28)33)16-34-36-29(37)27-26(17-6-3-2-4-7-17)23-14-20(31)10-11-25(23)35-27/h2-16,35H,1H3,(H,36,37). The molecule has 0 aliphatic rings. The fourth-order valence-corrected chi connectivity index (χ4v) is 5.84. The van der Waals surface area contributed by atoms with Crippen LogP contribution < -0.4 is 14.9 Å². The lowest BCUT2D eigenvalue weighted by Gasteiger charge is -2.11. The summed E-state index contributed by atoms with van der Waals surface area (Å²) in [6.07, 6.45) is 1.42. The van der Waals surface area contributed by atoms with E-state index in [1.54, 1.807) is 36.4 Å². The van der Waals surface area contributed by atoms with Crippen molar-refractivity contribution in [3.8, 4) is 22.6 Å². The predicted octanol–water partition coefficient (Wildman–Crippen LogP) is 8.11. The Labute approximate surface area is 255 Å². The molecule has 10 heteroatoms. The number of aromatic amines is 1. The van der Waals surface area contributed by atoms with Crippen molar-refractivity contribution in [2.45, 2.75) is 0 Å². The number of esters is 1. The van der Waals surface area contributed by atoms with Gasteiger partial charge in [0.15, 0.2) is 5.75 Å². The van der Waals surface area contributed by atoms with Crippen LogP contribution in [0.25, 0.3) is 22.0 Å². The predicted molar refractivity (Wildman–Crippen MR) is 166 cm³/mol. The zero-order chi connectivity index (χ0) is 28.2. The van der Waals surface area contributed by atoms with Gasteiger partial charge in [0.2, 0.25) is 0 Å². The van der Waals surface area contributed by atoms with Gasteiger partial charge < -0.3 is 14.5 Å². The average Bonchev–Trinajstić information content (AvgIpc) is 3.34. The maximum absolute atomic E-state index is 13.3. The number of nitrogens with one attached hydrogen (secondary N) is 2. The van der Waals surface area contributed by atoms with Crippen LogP contribution in [-0.4, -0.2) is 30.2 Å². The molecule has 200 valence electrons. The Kier molecular flexibility index (Phi) is 8.49. The Balaban J connectivity index is 1.43. The van der Waals surface area contributed by atoms with Crippen LogP contribution in [0.15, 0.2) is 103 Å². The number of rotatable bonds is 7. The number of hydrazone groups is 1. The summed E-state index contributed by atoms with van der Waals surface area (Å²) in [5.41, 5.74) is 6.23. The quantitative estimate of drug-likeness (QED) is 0.0768. The minimum atomic E-state index is -0.572. The van der Waals surface area contributed by atoms with Crippen LogP contribution in [0, 0.1) is 0 Å². The van der Waals surface area contributed by atoms with E-state index in [1.807, 2.05) is 48.5 Å². The molecular formula is C30H20Br3N3O4. The highest BCUT2D eigenvalue weighted by Gasteiger charge is 2.20. The van der Waals surface area contributed by atoms with Gasteiger partial charge in [-0.05, 0) is 70.0 Å². The second kappa shape index (κ2) is 12.2. The van der Waals surface area contributed by atoms with E-state index in [-0.39, 0.29) is 5.75 Å². The van der Waals surface area contributed by atoms with Crippen LogP contribution in [0.3, 0.4) is 0 Å². The number of methoxy groups -OCH3 is 1. The lowest BCUT2D eigenvalue weighted by atomic mass is 10.0. The summed E-state index contributed by atoms with van der Waals surface area (Å²) in [6, 6.07) is 25.6. The molecule has 1 heterocycles. The SMILES string of the molecule is COc1cccc(C(=O)Oc2c(Br)cc(Br)cc2C=NNC(=O)c2[nH]c3ccc(Br)cc3c2-c2ccccc2)c1. The summed E-state index contributed by atoms with van der Waals surface area (Å²) in [4.78, 5) is 29.5. The van der Waals surface area contributed by atoms with E-state index in [0.29, 0.717) is 27.0 Å². The Morgan fingerprint density at radius 2 is 1.70 bits per heavy atom. The molecule has 0 radical (unpaired) electrons. The summed E-state index contributed by atoms with van der Waals surface area (Å²) in [6.45, 7) is 0. The molecule has 0 fully saturated rings. The number of fused-ring (bicyclic) bond motifs is 1. The molecule has 1 amide bonds. The zero-order valence-electron chi connectivity index (χ0n) is 20.9. The van der Waals surface area contributed by atoms with Gasteiger partial charge >= 0.3 is 5.97 Å². The Morgan fingerprint density at radius 1 is 0.900 bits per heavy atom. The van der Waals surface area contributed by atoms with Gasteiger partial charge in [-0.2, -0.15) is 5.10 Å². The lowest BCUT2D eigenvalue weighted by Crippen LogP contribution is -2.19. The van der Waals surface area contributed by atoms with Crippen molar-refractivity contribution in [2.75, 3.05) is 7.11 Å². The molecular weight excluding hydrogens is 706 g/mol. The van der Waals surface area contributed by atoms with Crippen molar-refractivity contribution in [1.29, 1.82) is 0 Å². The third kappa shape index (κ3) is 6.04. The van der Waals surface area contributed by atoms with E-state index < -0.39 is 11.9 Å². The smallest absolute Gasteiger partial charge is 0.343 e. The van der Waals surface area contributed by atoms with Crippen LogP contribution in [0.1, 0.15) is 26.4 Å². The summed E-state index contributed by atoms with van der Waals surface area (Å²) in [7, 11) is 1.52. The molecule has 5 rings (SSSR count). The van der Waals surface area contributed by atoms with E-state index in [9.17, 15) is 9.59 Å². The minimum absolute atomic E-state index is 0.245. The number of benzene rings is 4. The first-order valence-corrected chi connectivity index (χ1v) is 14.3. The summed E-state index contributed by atoms with van der Waals surface area (Å²) >= 11 is 10.4. The molecule has 40 heavy (non-hydrogen) atoms. The highest BCUT2D eigenvalue weighted by molar-refractivity contribution is 9.11. The van der Waals surface area contributed by atoms with Gasteiger partial charge in [-0.1, -0.05) is 68.3 Å². The molecule has 7 nitrogen and oxygen atoms in total. The van der Waals surface area contributed by atoms with Gasteiger partial charge in [0.1, 0.15) is 11.4 Å². The molecule has 1 aromatic heterocycles. The highest BCUT2D eigenvalue weighted by atomic mass is 79.9. The maximum Gasteiger partial charge on any atom is 0.343 e. The molecule has 0 saturated heterocycles. The summed E-state index contributed by atoms with van der Waals surface area (Å²) in [5, 5.41) is 5.08. The number of carbonyl (C=O) groups is 2. The normalized spacial score (nSPS) is 11.1. The molecule has 5 aromatic rings. The first-order valence-electron chi connectivity index (χ1n) is 11.9. The highest BCUT2D eigenvalue weighted by Crippen LogP contribution is 2.35. The van der Waals surface area contributed by atoms with Crippen LogP contribution in [0.4, 0.5) is 0 Å². The van der Waals surface area contributed by atoms with Crippen molar-refractivity contribution in [1.82, 2.24) is 10.4 Å². The number of hydrogen-bond acceptors (Lipinski definition) is 5. The topological polar surface area (TPSA) is 92.8 Å². The van der Waals surface area contributed by atoms with Crippen molar-refractivity contribution >= 4 is 76.8 Å². The first-order chi connectivity index (χ1) is 19.3. The summed E-state index contributed by atoms with van der Waals surface area (Å²) in [5.74, 6) is -0.216. The van der Waals surface area contributed by atoms with Crippen molar-refractivity contribution < 1.29 is 19.1 Å². The van der Waals surface area contributed by atoms with E-state index in [0.717, 1.165) is 31.0 Å². The minimum Gasteiger partial charge on any atom is -0.497 e. The van der Waals surface area contributed by atoms with Gasteiger partial charge in [0.05, 0.1) is 23.4 Å². The number of nitrogens with zero attached hydrogens (tertiary/aromatic N) is 1. The van der Waals surface area contributed by atoms with E-state index in [1.165, 1.54) is 13.3 Å². The molecule has 0 spiro atoms. The van der Waals surface area contributed by atoms with Crippen LogP contribution in [0.2, 0.25) is 0 Å². The molecule has 0 aliphatic heterocycles. The average molecular weight is 726 g/mol. The third-order valence-electron chi connectivity index (χ3n) is 5.96. The van der Waals surface area contributed by atoms with Crippen LogP contribution in [0.5, 0.6) is 11.5 Å². The number of aromatic nitrogens is 1. The molecule has 0 atom stereocenters. The Morgan fingerprint density at radius 3 is 2.48 bits per heavy atom. The molecule has 0 aliphatic carbocycles. The Bertz CT molecular complexity index is 1770. The van der Waals surface area contributed by atoms with Crippen LogP contribution in [-0.2, 0) is 0 Å². The third-order valence-corrected chi connectivity index (χ3v) is 7.50. The monoisotopic (exact) mass is 723 g/mol. The van der Waals surface area contributed by atoms with E-state index in [2.05, 4.69) is 63.3 Å². The Hall–Kier alpha value is -3.73. The molecule has 0 saturated carbocycles. The lowest BCUT2D eigenvalue weighted by molar-refractivity contribution is 0.0732. The van der Waals surface area contributed by atoms with Crippen molar-refractivity contribution in [2.24, 2.45) is 5.10 Å². The number of halogens is 3. The molecule has 0 unspecified atom stereocenters. The van der Waals surface area contributed by atoms with Crippen molar-refractivity contribution in [3.63, 3.8) is 0 Å². The van der Waals surface area contributed by atoms with Crippen molar-refractivity contribution in [3.05, 3.63) is 115 Å². The van der Waals surface area contributed by atoms with Gasteiger partial charge in [-0.15, -0.1) is 0 Å². The number of ether oxygens (including phenoxy) is 2. The van der Waals surface area contributed by atoms with Gasteiger partial charge in [0.25, 0.3) is 5.91 Å². The van der Waals surface area contributed by atoms with Gasteiger partial charge in [-0.25, -0.2) is 10.2 Å². The first kappa shape index (κ1) is 27.8. The maximum atomic E-state index is 13.3. The zero-order valence-corrected chi connectivity index (χ0v) is 25.6. The van der Waals surface area contributed by atoms with Crippen LogP contribution >= 0.6 is 47.8 Å². The summed E-state index contributed by atoms with van der Waals surface area (Å²) < 4.78 is 13.1. The molecule has 4 aromatic carbocycles. The largest absolute Gasteiger partial charge is 0.497 e. The van der Waals surface area contributed by atoms with E-state index in [4.69, 9.17) is 9.47 Å². The molecule has 0 bridgehead atoms. The van der Waals surface area contributed by atoms with Gasteiger partial charge in [0, 0.05) is 31.0 Å². The number of hydrogen-bond donors (Lipinski definition) is 2. The van der Waals surface area contributed by atoms with E-state index >= 15 is 0 Å². The second-order valence-corrected chi connectivity index (χ2v) is 11.2. The number of carbonyl (C=O) groups excluding carboxylic acids is 2. The molecule has 2 N–H and O–H groups in total. The second-order valence-electron chi connectivity index (χ2n) is 8.56. The fourth-order valence-electron chi connectivity index (χ4n) is 4.14. The fraction of sp³-hybridized carbons (Fsp3) is 0.0333. The number of amides is 1.